The average molecular weight is 377 g/mol. The van der Waals surface area contributed by atoms with Crippen molar-refractivity contribution in [3.8, 4) is 5.75 Å². The van der Waals surface area contributed by atoms with Gasteiger partial charge in [0.05, 0.1) is 11.6 Å². The summed E-state index contributed by atoms with van der Waals surface area (Å²) in [5.74, 6) is 0.438. The van der Waals surface area contributed by atoms with Crippen LogP contribution in [0.5, 0.6) is 5.75 Å². The molecule has 2 N–H and O–H groups in total. The lowest BCUT2D eigenvalue weighted by Crippen LogP contribution is -2.39. The minimum absolute atomic E-state index is 0.121. The Morgan fingerprint density at radius 2 is 2.04 bits per heavy atom. The molecule has 0 atom stereocenters. The number of unbranched alkanes of at least 4 members (excludes halogenated alkanes) is 2. The molecule has 0 unspecified atom stereocenters. The zero-order valence-corrected chi connectivity index (χ0v) is 15.5. The van der Waals surface area contributed by atoms with E-state index in [1.165, 1.54) is 0 Å². The Kier molecular flexibility index (Phi) is 9.99. The molecule has 0 saturated carbocycles. The fraction of sp³-hybridized carbons (Fsp3) is 0.500. The molecule has 1 aromatic carbocycles. The van der Waals surface area contributed by atoms with E-state index in [4.69, 9.17) is 40.2 Å². The van der Waals surface area contributed by atoms with Gasteiger partial charge in [0.1, 0.15) is 5.75 Å². The van der Waals surface area contributed by atoms with Crippen molar-refractivity contribution in [2.24, 2.45) is 0 Å². The second-order valence-electron chi connectivity index (χ2n) is 5.04. The largest absolute Gasteiger partial charge is 0.492 e. The van der Waals surface area contributed by atoms with E-state index in [1.54, 1.807) is 18.2 Å². The molecule has 0 radical (unpaired) electrons. The first-order valence-corrected chi connectivity index (χ1v) is 8.85. The van der Waals surface area contributed by atoms with Crippen molar-refractivity contribution in [1.82, 2.24) is 10.6 Å². The van der Waals surface area contributed by atoms with Crippen molar-refractivity contribution in [3.63, 3.8) is 0 Å². The second kappa shape index (κ2) is 11.5. The Labute approximate surface area is 152 Å². The van der Waals surface area contributed by atoms with Crippen molar-refractivity contribution in [2.45, 2.75) is 39.0 Å². The molecule has 1 amide bonds. The van der Waals surface area contributed by atoms with E-state index in [9.17, 15) is 4.79 Å². The smallest absolute Gasteiger partial charge is 0.226 e. The molecule has 0 aliphatic heterocycles. The third-order valence-corrected chi connectivity index (χ3v) is 3.80. The van der Waals surface area contributed by atoms with Crippen molar-refractivity contribution < 1.29 is 9.53 Å². The molecule has 0 spiro atoms. The van der Waals surface area contributed by atoms with Gasteiger partial charge in [0, 0.05) is 18.0 Å². The minimum Gasteiger partial charge on any atom is -0.492 e. The molecule has 0 bridgehead atoms. The van der Waals surface area contributed by atoms with Crippen LogP contribution in [0.3, 0.4) is 0 Å². The molecule has 7 heteroatoms. The standard InChI is InChI=1S/C16H22Cl2N2O2S/c1-2-3-4-9-19-16(23)20-15(21)6-5-10-22-14-8-7-12(17)11-13(14)18/h7-8,11H,2-6,9-10H2,1H3,(H2,19,20,21,23). The maximum atomic E-state index is 11.7. The predicted octanol–water partition coefficient (Wildman–Crippen LogP) is 4.33. The lowest BCUT2D eigenvalue weighted by atomic mass is 10.2. The molecule has 23 heavy (non-hydrogen) atoms. The van der Waals surface area contributed by atoms with E-state index >= 15 is 0 Å². The van der Waals surface area contributed by atoms with Gasteiger partial charge in [0.2, 0.25) is 5.91 Å². The fourth-order valence-electron chi connectivity index (χ4n) is 1.82. The summed E-state index contributed by atoms with van der Waals surface area (Å²) in [5.41, 5.74) is 0. The summed E-state index contributed by atoms with van der Waals surface area (Å²) in [7, 11) is 0. The molecule has 0 heterocycles. The van der Waals surface area contributed by atoms with Crippen LogP contribution in [-0.4, -0.2) is 24.2 Å². The van der Waals surface area contributed by atoms with Crippen LogP contribution < -0.4 is 15.4 Å². The monoisotopic (exact) mass is 376 g/mol. The number of carbonyl (C=O) groups excluding carboxylic acids is 1. The van der Waals surface area contributed by atoms with Crippen LogP contribution in [0.15, 0.2) is 18.2 Å². The lowest BCUT2D eigenvalue weighted by Gasteiger charge is -2.10. The number of hydrogen-bond acceptors (Lipinski definition) is 3. The van der Waals surface area contributed by atoms with Gasteiger partial charge in [-0.2, -0.15) is 0 Å². The zero-order chi connectivity index (χ0) is 17.1. The SMILES string of the molecule is CCCCCNC(=S)NC(=O)CCCOc1ccc(Cl)cc1Cl. The lowest BCUT2D eigenvalue weighted by molar-refractivity contribution is -0.119. The Hall–Kier alpha value is -1.04. The number of amides is 1. The summed E-state index contributed by atoms with van der Waals surface area (Å²) in [6.07, 6.45) is 4.25. The number of halogens is 2. The molecular formula is C16H22Cl2N2O2S. The highest BCUT2D eigenvalue weighted by Crippen LogP contribution is 2.27. The van der Waals surface area contributed by atoms with E-state index in [1.807, 2.05) is 0 Å². The number of carbonyl (C=O) groups is 1. The first-order chi connectivity index (χ1) is 11.0. The molecule has 1 aromatic rings. The number of ether oxygens (including phenoxy) is 1. The van der Waals surface area contributed by atoms with Gasteiger partial charge < -0.3 is 15.4 Å². The Morgan fingerprint density at radius 1 is 1.26 bits per heavy atom. The van der Waals surface area contributed by atoms with Gasteiger partial charge in [-0.15, -0.1) is 0 Å². The fourth-order valence-corrected chi connectivity index (χ4v) is 2.50. The normalized spacial score (nSPS) is 10.2. The Bertz CT molecular complexity index is 527. The zero-order valence-electron chi connectivity index (χ0n) is 13.2. The molecule has 128 valence electrons. The van der Waals surface area contributed by atoms with Crippen LogP contribution in [-0.2, 0) is 4.79 Å². The second-order valence-corrected chi connectivity index (χ2v) is 6.29. The molecule has 1 rings (SSSR count). The minimum atomic E-state index is -0.121. The first kappa shape index (κ1) is 20.0. The van der Waals surface area contributed by atoms with E-state index in [0.29, 0.717) is 40.4 Å². The van der Waals surface area contributed by atoms with Gasteiger partial charge in [0.25, 0.3) is 0 Å². The third kappa shape index (κ3) is 8.98. The van der Waals surface area contributed by atoms with Crippen LogP contribution in [0.4, 0.5) is 0 Å². The van der Waals surface area contributed by atoms with Crippen molar-refractivity contribution in [1.29, 1.82) is 0 Å². The maximum Gasteiger partial charge on any atom is 0.226 e. The van der Waals surface area contributed by atoms with Gasteiger partial charge in [-0.05, 0) is 43.3 Å². The van der Waals surface area contributed by atoms with E-state index < -0.39 is 0 Å². The van der Waals surface area contributed by atoms with Gasteiger partial charge in [0.15, 0.2) is 5.11 Å². The quantitative estimate of drug-likeness (QED) is 0.497. The number of thiocarbonyl (C=S) groups is 1. The maximum absolute atomic E-state index is 11.7. The van der Waals surface area contributed by atoms with Gasteiger partial charge in [-0.1, -0.05) is 43.0 Å². The molecule has 0 aliphatic carbocycles. The van der Waals surface area contributed by atoms with Crippen molar-refractivity contribution in [3.05, 3.63) is 28.2 Å². The topological polar surface area (TPSA) is 50.4 Å². The number of benzene rings is 1. The van der Waals surface area contributed by atoms with Gasteiger partial charge in [-0.25, -0.2) is 0 Å². The molecule has 0 fully saturated rings. The van der Waals surface area contributed by atoms with Crippen molar-refractivity contribution in [2.75, 3.05) is 13.2 Å². The van der Waals surface area contributed by atoms with Crippen LogP contribution in [0.1, 0.15) is 39.0 Å². The summed E-state index contributed by atoms with van der Waals surface area (Å²) in [6.45, 7) is 3.32. The summed E-state index contributed by atoms with van der Waals surface area (Å²) in [5, 5.41) is 7.07. The van der Waals surface area contributed by atoms with E-state index in [0.717, 1.165) is 25.8 Å². The average Bonchev–Trinajstić information content (AvgIpc) is 2.50. The highest BCUT2D eigenvalue weighted by atomic mass is 35.5. The Balaban J connectivity index is 2.15. The van der Waals surface area contributed by atoms with Gasteiger partial charge in [-0.3, -0.25) is 4.79 Å². The van der Waals surface area contributed by atoms with Crippen LogP contribution >= 0.6 is 35.4 Å². The van der Waals surface area contributed by atoms with Crippen LogP contribution in [0, 0.1) is 0 Å². The number of hydrogen-bond donors (Lipinski definition) is 2. The summed E-state index contributed by atoms with van der Waals surface area (Å²) >= 11 is 16.9. The number of nitrogens with one attached hydrogen (secondary N) is 2. The highest BCUT2D eigenvalue weighted by Gasteiger charge is 2.06. The first-order valence-electron chi connectivity index (χ1n) is 7.68. The van der Waals surface area contributed by atoms with E-state index in [-0.39, 0.29) is 5.91 Å². The predicted molar refractivity (Wildman–Crippen MR) is 99.5 cm³/mol. The van der Waals surface area contributed by atoms with Crippen molar-refractivity contribution >= 4 is 46.4 Å². The third-order valence-electron chi connectivity index (χ3n) is 3.02. The van der Waals surface area contributed by atoms with Gasteiger partial charge >= 0.3 is 0 Å². The molecule has 0 saturated heterocycles. The Morgan fingerprint density at radius 3 is 2.74 bits per heavy atom. The van der Waals surface area contributed by atoms with E-state index in [2.05, 4.69) is 17.6 Å². The summed E-state index contributed by atoms with van der Waals surface area (Å²) in [6, 6.07) is 5.03. The molecule has 4 nitrogen and oxygen atoms in total. The highest BCUT2D eigenvalue weighted by molar-refractivity contribution is 7.80. The van der Waals surface area contributed by atoms with Crippen LogP contribution in [0.25, 0.3) is 0 Å². The summed E-state index contributed by atoms with van der Waals surface area (Å²) in [4.78, 5) is 11.7. The summed E-state index contributed by atoms with van der Waals surface area (Å²) < 4.78 is 5.52. The molecule has 0 aromatic heterocycles. The number of rotatable bonds is 9. The molecule has 0 aliphatic rings. The molecular weight excluding hydrogens is 355 g/mol. The van der Waals surface area contributed by atoms with Crippen LogP contribution in [0.2, 0.25) is 10.0 Å².